The van der Waals surface area contributed by atoms with Crippen LogP contribution in [0.4, 0.5) is 5.82 Å². The summed E-state index contributed by atoms with van der Waals surface area (Å²) < 4.78 is 4.97. The second-order valence-corrected chi connectivity index (χ2v) is 9.77. The van der Waals surface area contributed by atoms with Gasteiger partial charge in [0.05, 0.1) is 10.8 Å². The van der Waals surface area contributed by atoms with Crippen molar-refractivity contribution in [3.05, 3.63) is 34.7 Å². The summed E-state index contributed by atoms with van der Waals surface area (Å²) in [6.45, 7) is 10.4. The molecular formula is C21H26N4O2S. The Labute approximate surface area is 170 Å². The quantitative estimate of drug-likeness (QED) is 0.761. The van der Waals surface area contributed by atoms with Gasteiger partial charge in [-0.15, -0.1) is 0 Å². The largest absolute Gasteiger partial charge is 0.360 e. The molecule has 0 bridgehead atoms. The smallest absolute Gasteiger partial charge is 0.238 e. The van der Waals surface area contributed by atoms with E-state index in [1.807, 2.05) is 6.07 Å². The molecule has 0 fully saturated rings. The van der Waals surface area contributed by atoms with Crippen molar-refractivity contribution in [1.82, 2.24) is 10.1 Å². The summed E-state index contributed by atoms with van der Waals surface area (Å²) in [7, 11) is 0. The van der Waals surface area contributed by atoms with Crippen LogP contribution in [0.25, 0.3) is 0 Å². The fraction of sp³-hybridized carbons (Fsp3) is 0.524. The number of fused-ring (bicyclic) bond motifs is 1. The van der Waals surface area contributed by atoms with E-state index in [1.165, 1.54) is 17.3 Å². The van der Waals surface area contributed by atoms with Gasteiger partial charge in [0.1, 0.15) is 16.9 Å². The Kier molecular flexibility index (Phi) is 5.80. The minimum atomic E-state index is -0.416. The zero-order valence-corrected chi connectivity index (χ0v) is 17.8. The lowest BCUT2D eigenvalue weighted by Gasteiger charge is -2.34. The number of anilines is 1. The first-order chi connectivity index (χ1) is 13.2. The van der Waals surface area contributed by atoms with E-state index >= 15 is 0 Å². The van der Waals surface area contributed by atoms with Crippen LogP contribution in [0.3, 0.4) is 0 Å². The maximum Gasteiger partial charge on any atom is 0.238 e. The Morgan fingerprint density at radius 2 is 2.18 bits per heavy atom. The average Bonchev–Trinajstić information content (AvgIpc) is 3.04. The van der Waals surface area contributed by atoms with Gasteiger partial charge in [-0.2, -0.15) is 5.26 Å². The number of carbonyl (C=O) groups excluding carboxylic acids is 1. The monoisotopic (exact) mass is 398 g/mol. The Balaban J connectivity index is 1.75. The van der Waals surface area contributed by atoms with Crippen molar-refractivity contribution in [1.29, 1.82) is 5.26 Å². The van der Waals surface area contributed by atoms with Crippen molar-refractivity contribution in [3.63, 3.8) is 0 Å². The predicted octanol–water partition coefficient (Wildman–Crippen LogP) is 4.52. The summed E-state index contributed by atoms with van der Waals surface area (Å²) >= 11 is 1.30. The van der Waals surface area contributed by atoms with Crippen LogP contribution < -0.4 is 5.32 Å². The molecule has 2 aromatic rings. The van der Waals surface area contributed by atoms with Gasteiger partial charge in [-0.25, -0.2) is 4.98 Å². The molecule has 6 nitrogen and oxygen atoms in total. The molecule has 148 valence electrons. The molecule has 1 amide bonds. The molecule has 0 spiro atoms. The van der Waals surface area contributed by atoms with Crippen LogP contribution in [0.1, 0.15) is 56.7 Å². The molecule has 1 N–H and O–H groups in total. The molecule has 0 aromatic carbocycles. The molecule has 1 aliphatic carbocycles. The fourth-order valence-corrected chi connectivity index (χ4v) is 4.32. The van der Waals surface area contributed by atoms with Crippen LogP contribution in [0, 0.1) is 29.6 Å². The molecule has 2 atom stereocenters. The summed E-state index contributed by atoms with van der Waals surface area (Å²) in [5, 5.41) is 16.3. The van der Waals surface area contributed by atoms with Crippen LogP contribution in [-0.2, 0) is 17.6 Å². The zero-order chi connectivity index (χ0) is 20.5. The highest BCUT2D eigenvalue weighted by atomic mass is 32.2. The SMILES string of the molecule is Cc1cc(NC(=O)C(C)Sc2nc3c(cc2C#N)CC(C(C)(C)C)CC3)no1. The second kappa shape index (κ2) is 7.96. The van der Waals surface area contributed by atoms with Crippen LogP contribution in [0.15, 0.2) is 21.7 Å². The second-order valence-electron chi connectivity index (χ2n) is 8.44. The Hall–Kier alpha value is -2.33. The van der Waals surface area contributed by atoms with Crippen molar-refractivity contribution in [2.75, 3.05) is 5.32 Å². The van der Waals surface area contributed by atoms with Crippen molar-refractivity contribution in [2.45, 2.75) is 64.2 Å². The molecule has 28 heavy (non-hydrogen) atoms. The van der Waals surface area contributed by atoms with Gasteiger partial charge < -0.3 is 9.84 Å². The summed E-state index contributed by atoms with van der Waals surface area (Å²) in [5.41, 5.74) is 3.00. The number of hydrogen-bond donors (Lipinski definition) is 1. The number of rotatable bonds is 4. The van der Waals surface area contributed by atoms with Gasteiger partial charge in [0.2, 0.25) is 5.91 Å². The number of carbonyl (C=O) groups is 1. The minimum absolute atomic E-state index is 0.200. The van der Waals surface area contributed by atoms with Crippen LogP contribution in [-0.4, -0.2) is 21.3 Å². The number of aryl methyl sites for hydroxylation is 2. The molecule has 0 saturated heterocycles. The van der Waals surface area contributed by atoms with Gasteiger partial charge >= 0.3 is 0 Å². The van der Waals surface area contributed by atoms with Crippen molar-refractivity contribution in [3.8, 4) is 6.07 Å². The van der Waals surface area contributed by atoms with Gasteiger partial charge in [0.15, 0.2) is 5.82 Å². The first kappa shape index (κ1) is 20.4. The van der Waals surface area contributed by atoms with Crippen molar-refractivity contribution in [2.24, 2.45) is 11.3 Å². The molecule has 2 heterocycles. The lowest BCUT2D eigenvalue weighted by atomic mass is 9.71. The number of hydrogen-bond acceptors (Lipinski definition) is 6. The molecular weight excluding hydrogens is 372 g/mol. The van der Waals surface area contributed by atoms with Gasteiger partial charge in [-0.3, -0.25) is 4.79 Å². The highest BCUT2D eigenvalue weighted by molar-refractivity contribution is 8.00. The number of nitrogens with zero attached hydrogens (tertiary/aromatic N) is 3. The first-order valence-electron chi connectivity index (χ1n) is 9.51. The third-order valence-electron chi connectivity index (χ3n) is 5.23. The maximum absolute atomic E-state index is 12.4. The molecule has 0 radical (unpaired) electrons. The summed E-state index contributed by atoms with van der Waals surface area (Å²) in [6.07, 6.45) is 2.96. The summed E-state index contributed by atoms with van der Waals surface area (Å²) in [4.78, 5) is 17.2. The topological polar surface area (TPSA) is 91.8 Å². The Bertz CT molecular complexity index is 923. The third kappa shape index (κ3) is 4.56. The number of nitriles is 1. The standard InChI is InChI=1S/C21H26N4O2S/c1-12-8-18(25-27-12)24-19(26)13(2)28-20-15(11-22)9-14-10-16(21(3,4)5)6-7-17(14)23-20/h8-9,13,16H,6-7,10H2,1-5H3,(H,24,25,26). The van der Waals surface area contributed by atoms with Gasteiger partial charge in [-0.05, 0) is 56.1 Å². The van der Waals surface area contributed by atoms with E-state index in [1.54, 1.807) is 19.9 Å². The number of amides is 1. The van der Waals surface area contributed by atoms with E-state index in [-0.39, 0.29) is 11.3 Å². The Morgan fingerprint density at radius 1 is 1.43 bits per heavy atom. The molecule has 2 unspecified atom stereocenters. The molecule has 0 saturated carbocycles. The Morgan fingerprint density at radius 3 is 2.79 bits per heavy atom. The molecule has 2 aromatic heterocycles. The molecule has 1 aliphatic rings. The predicted molar refractivity (Wildman–Crippen MR) is 109 cm³/mol. The van der Waals surface area contributed by atoms with Crippen molar-refractivity contribution >= 4 is 23.5 Å². The zero-order valence-electron chi connectivity index (χ0n) is 17.0. The lowest BCUT2D eigenvalue weighted by Crippen LogP contribution is -2.28. The van der Waals surface area contributed by atoms with Crippen LogP contribution in [0.5, 0.6) is 0 Å². The number of pyridine rings is 1. The van der Waals surface area contributed by atoms with Crippen molar-refractivity contribution < 1.29 is 9.32 Å². The van der Waals surface area contributed by atoms with Crippen LogP contribution >= 0.6 is 11.8 Å². The molecule has 0 aliphatic heterocycles. The minimum Gasteiger partial charge on any atom is -0.360 e. The van der Waals surface area contributed by atoms with E-state index in [2.05, 4.69) is 37.3 Å². The highest BCUT2D eigenvalue weighted by Crippen LogP contribution is 2.38. The molecule has 7 heteroatoms. The normalized spacial score (nSPS) is 17.5. The van der Waals surface area contributed by atoms with E-state index in [9.17, 15) is 10.1 Å². The number of thioether (sulfide) groups is 1. The average molecular weight is 399 g/mol. The van der Waals surface area contributed by atoms with Gasteiger partial charge in [0, 0.05) is 11.8 Å². The lowest BCUT2D eigenvalue weighted by molar-refractivity contribution is -0.115. The van der Waals surface area contributed by atoms with Crippen LogP contribution in [0.2, 0.25) is 0 Å². The maximum atomic E-state index is 12.4. The van der Waals surface area contributed by atoms with E-state index in [0.717, 1.165) is 25.0 Å². The summed E-state index contributed by atoms with van der Waals surface area (Å²) in [6, 6.07) is 5.89. The summed E-state index contributed by atoms with van der Waals surface area (Å²) in [5.74, 6) is 1.41. The van der Waals surface area contributed by atoms with E-state index in [0.29, 0.717) is 28.1 Å². The highest BCUT2D eigenvalue weighted by Gasteiger charge is 2.30. The first-order valence-corrected chi connectivity index (χ1v) is 10.4. The third-order valence-corrected chi connectivity index (χ3v) is 6.34. The number of aromatic nitrogens is 2. The fourth-order valence-electron chi connectivity index (χ4n) is 3.43. The van der Waals surface area contributed by atoms with Gasteiger partial charge in [-0.1, -0.05) is 37.7 Å². The number of nitrogens with one attached hydrogen (secondary N) is 1. The van der Waals surface area contributed by atoms with E-state index in [4.69, 9.17) is 9.51 Å². The molecule has 3 rings (SSSR count). The van der Waals surface area contributed by atoms with E-state index < -0.39 is 5.25 Å². The van der Waals surface area contributed by atoms with Gasteiger partial charge in [0.25, 0.3) is 0 Å².